The van der Waals surface area contributed by atoms with Gasteiger partial charge in [-0.2, -0.15) is 0 Å². The van der Waals surface area contributed by atoms with E-state index in [0.29, 0.717) is 55.4 Å². The number of piperidine rings is 2. The third-order valence-corrected chi connectivity index (χ3v) is 142. The molecule has 0 saturated carbocycles. The zero-order chi connectivity index (χ0) is 83.2. The molecule has 0 atom stereocenters. The summed E-state index contributed by atoms with van der Waals surface area (Å²) in [6.07, 6.45) is 12.8. The molecule has 106 heavy (non-hydrogen) atoms. The molecule has 0 radical (unpaired) electrons. The summed E-state index contributed by atoms with van der Waals surface area (Å²) in [7, 11) is -8.27. The van der Waals surface area contributed by atoms with Crippen molar-refractivity contribution >= 4 is 178 Å². The van der Waals surface area contributed by atoms with Gasteiger partial charge in [-0.25, -0.2) is 0 Å². The van der Waals surface area contributed by atoms with Gasteiger partial charge in [0.1, 0.15) is 0 Å². The Morgan fingerprint density at radius 3 is 0.868 bits per heavy atom. The number of nitrogens with zero attached hydrogens (tertiary/aromatic N) is 12. The molecule has 624 valence electrons. The van der Waals surface area contributed by atoms with E-state index >= 15 is 0 Å². The van der Waals surface area contributed by atoms with Crippen LogP contribution in [0.1, 0.15) is 232 Å². The maximum atomic E-state index is 3.13. The Bertz CT molecular complexity index is 2670. The average molecular weight is 2020 g/mol. The molecule has 8 aliphatic heterocycles. The van der Waals surface area contributed by atoms with E-state index in [-0.39, 0.29) is 0 Å². The van der Waals surface area contributed by atoms with Crippen molar-refractivity contribution in [2.24, 2.45) is 11.8 Å². The van der Waals surface area contributed by atoms with Crippen molar-refractivity contribution in [2.45, 2.75) is 440 Å². The zero-order valence-corrected chi connectivity index (χ0v) is 108. The molecule has 6 fully saturated rings. The van der Waals surface area contributed by atoms with Gasteiger partial charge in [0.2, 0.25) is 0 Å². The Morgan fingerprint density at radius 2 is 0.679 bits per heavy atom. The van der Waals surface area contributed by atoms with Crippen molar-refractivity contribution < 1.29 is 0 Å². The molecule has 9 rings (SSSR count). The van der Waals surface area contributed by atoms with Crippen LogP contribution in [-0.2, 0) is 0 Å². The van der Waals surface area contributed by atoms with E-state index in [0.717, 1.165) is 11.8 Å². The van der Waals surface area contributed by atoms with E-state index in [9.17, 15) is 0 Å². The molecule has 0 amide bonds. The summed E-state index contributed by atoms with van der Waals surface area (Å²) in [6, 6.07) is 9.06. The average Bonchev–Trinajstić information content (AvgIpc) is 0.954. The molecule has 6 saturated heterocycles. The van der Waals surface area contributed by atoms with Gasteiger partial charge in [0.05, 0.1) is 0 Å². The molecule has 0 N–H and O–H groups in total. The molecule has 8 aliphatic rings. The number of fused-ring (bicyclic) bond motifs is 1. The molecule has 26 heteroatoms. The van der Waals surface area contributed by atoms with Crippen molar-refractivity contribution in [3.63, 3.8) is 0 Å². The van der Waals surface area contributed by atoms with Gasteiger partial charge in [-0.15, -0.1) is 0 Å². The summed E-state index contributed by atoms with van der Waals surface area (Å²) in [5.74, 6) is 2.27. The van der Waals surface area contributed by atoms with Gasteiger partial charge in [-0.05, 0) is 0 Å². The molecule has 0 bridgehead atoms. The van der Waals surface area contributed by atoms with Crippen LogP contribution in [0.5, 0.6) is 0 Å². The standard InChI is InChI=1S/C18H38GeN2.C12H38GeN2Si4.C12H24GeN2Si2.C10H26GeN2Si.C10H24GeN2.C10H22GeN2.C8H16Ge/c1-15(2)11-9-12-16(3,4)20(15)19-21-17(5,6)13-10-14-18(21,7)8;1-16(2,3)14(17(4,5)6)13-15(18(7,8)9)19(10,11)12;1-16(2,3)14-11-9-7-8-10-12(11)15(13-14)17(4,5)6;1-9(2,3)12-11-13(10(4,5)6)14(12,7)8;2*1-9(2,3)12-7-8-13(11-12)10(4,5)6;1-7-3-9(4-7)5-8(2)6-9/h9-14,19H2,1-8H3;13H2,1-12H3;7-10H,13H2,1-6H3;11H2,1-8H3;7-8,11H2,1-6H3;7-8H,11H2,1-6H3;7-8H,3-6H2,1-2H3. The summed E-state index contributed by atoms with van der Waals surface area (Å²) in [5, 5.41) is 6.91. The molecule has 1 aromatic rings. The van der Waals surface area contributed by atoms with E-state index in [2.05, 4.69) is 405 Å². The number of rotatable bonds is 10. The number of hydrogen-bond acceptors (Lipinski definition) is 12. The quantitative estimate of drug-likeness (QED) is 0.210. The number of hydrogen-bond donors (Lipinski definition) is 0. The molecule has 1 spiro atoms. The molecule has 0 aromatic heterocycles. The molecule has 1 aromatic carbocycles. The number of benzene rings is 1. The van der Waals surface area contributed by atoms with Crippen LogP contribution >= 0.6 is 0 Å². The fourth-order valence-electron chi connectivity index (χ4n) is 19.1. The fourth-order valence-corrected chi connectivity index (χ4v) is 105. The SMILES string of the molecule is CC(C)(C)[N]1C=C[N](C(C)(C)C)[GeH2]1.CC(C)(C)[N]1CC[N](C(C)(C)C)[GeH2]1.CC(C)(C)[N]1[GeH2][N](C(C)(C)C)[Si]1(C)C.CC1(C)CCCC(C)(C)[N]1[GeH2][N]1C(C)(C)CCCC1(C)C.CC1[CH2][Ge]2([CH2]1)[CH2]C(C)[CH2]2.C[Si](C)(C)[N]([GeH2][N]([Si](C)(C)C)[Si](C)(C)C)[Si](C)(C)C.C[Si](C)(C)[N]1[GeH2][N]([Si](C)(C)C)c2ccccc21. The summed E-state index contributed by atoms with van der Waals surface area (Å²) in [6.45, 7) is 120. The van der Waals surface area contributed by atoms with E-state index in [4.69, 9.17) is 0 Å². The Kier molecular flexibility index (Phi) is 36.1. The minimum atomic E-state index is -1.23. The Balaban J connectivity index is 0.000000325. The third kappa shape index (κ3) is 30.1. The minimum absolute atomic E-state index is 0.316. The van der Waals surface area contributed by atoms with Crippen LogP contribution in [0.3, 0.4) is 0 Å². The van der Waals surface area contributed by atoms with E-state index in [1.165, 1.54) is 63.0 Å². The first-order valence-corrected chi connectivity index (χ1v) is 88.1. The van der Waals surface area contributed by atoms with Gasteiger partial charge in [-0.3, -0.25) is 0 Å². The summed E-state index contributed by atoms with van der Waals surface area (Å²) in [5.41, 5.74) is 6.92. The molecule has 12 nitrogen and oxygen atoms in total. The molecule has 0 aliphatic carbocycles. The van der Waals surface area contributed by atoms with Crippen molar-refractivity contribution in [1.29, 1.82) is 0 Å². The van der Waals surface area contributed by atoms with Gasteiger partial charge in [0.25, 0.3) is 0 Å². The second kappa shape index (κ2) is 37.0. The monoisotopic (exact) mass is 2030 g/mol. The van der Waals surface area contributed by atoms with Crippen LogP contribution in [0.15, 0.2) is 36.7 Å². The third-order valence-electron chi connectivity index (χ3n) is 24.9. The van der Waals surface area contributed by atoms with Crippen LogP contribution < -0.4 is 7.05 Å². The van der Waals surface area contributed by atoms with Crippen molar-refractivity contribution in [1.82, 2.24) is 36.6 Å². The van der Waals surface area contributed by atoms with Crippen molar-refractivity contribution in [3.05, 3.63) is 36.7 Å². The summed E-state index contributed by atoms with van der Waals surface area (Å²) in [4.78, 5) is 0. The van der Waals surface area contributed by atoms with E-state index < -0.39 is 166 Å². The first kappa shape index (κ1) is 103. The normalized spacial score (nSPS) is 24.9. The second-order valence-electron chi connectivity index (χ2n) is 49.6. The van der Waals surface area contributed by atoms with Gasteiger partial charge in [0, 0.05) is 0 Å². The van der Waals surface area contributed by atoms with Gasteiger partial charge in [-0.1, -0.05) is 0 Å². The summed E-state index contributed by atoms with van der Waals surface area (Å²) >= 11 is -5.38. The van der Waals surface area contributed by atoms with E-state index in [1.54, 1.807) is 21.0 Å². The van der Waals surface area contributed by atoms with Crippen LogP contribution in [0, 0.1) is 11.8 Å². The van der Waals surface area contributed by atoms with Crippen LogP contribution in [0.2, 0.25) is 152 Å². The predicted octanol–water partition coefficient (Wildman–Crippen LogP) is 18.5. The molecule has 8 heterocycles. The van der Waals surface area contributed by atoms with Crippen LogP contribution in [0.4, 0.5) is 11.4 Å². The Labute approximate surface area is 715 Å². The second-order valence-corrected chi connectivity index (χ2v) is 124. The predicted molar refractivity (Wildman–Crippen MR) is 523 cm³/mol. The molecular formula is C80H188Ge7N12Si7. The fraction of sp³-hybridized carbons (Fsp3) is 0.900. The summed E-state index contributed by atoms with van der Waals surface area (Å²) < 4.78 is 34.2. The van der Waals surface area contributed by atoms with Gasteiger partial charge in [0.15, 0.2) is 0 Å². The maximum absolute atomic E-state index is 3.13. The Hall–Kier alpha value is 3.16. The van der Waals surface area contributed by atoms with E-state index in [1.807, 2.05) is 0 Å². The van der Waals surface area contributed by atoms with Crippen molar-refractivity contribution in [3.8, 4) is 0 Å². The van der Waals surface area contributed by atoms with Crippen molar-refractivity contribution in [2.75, 3.05) is 20.1 Å². The van der Waals surface area contributed by atoms with Crippen LogP contribution in [-0.4, -0.2) is 271 Å². The van der Waals surface area contributed by atoms with Gasteiger partial charge >= 0.3 is 723 Å². The molecule has 0 unspecified atom stereocenters. The molecular weight excluding hydrogens is 1830 g/mol. The zero-order valence-electron chi connectivity index (χ0n) is 80.7. The Morgan fingerprint density at radius 1 is 0.406 bits per heavy atom. The number of anilines is 2. The van der Waals surface area contributed by atoms with Crippen LogP contribution in [0.25, 0.3) is 0 Å². The van der Waals surface area contributed by atoms with Gasteiger partial charge < -0.3 is 0 Å². The topological polar surface area (TPSA) is 38.9 Å². The first-order valence-electron chi connectivity index (χ1n) is 42.7. The number of para-hydroxylation sites is 2. The first-order chi connectivity index (χ1) is 46.7.